The van der Waals surface area contributed by atoms with E-state index in [2.05, 4.69) is 10.3 Å². The van der Waals surface area contributed by atoms with Gasteiger partial charge in [0.2, 0.25) is 0 Å². The minimum Gasteiger partial charge on any atom is -0.478 e. The molecule has 1 heterocycles. The third-order valence-electron chi connectivity index (χ3n) is 2.49. The number of rotatable bonds is 9. The van der Waals surface area contributed by atoms with Crippen molar-refractivity contribution in [3.63, 3.8) is 0 Å². The van der Waals surface area contributed by atoms with Crippen LogP contribution < -0.4 is 5.32 Å². The Bertz CT molecular complexity index is 413. The molecule has 0 saturated carbocycles. The fourth-order valence-electron chi connectivity index (χ4n) is 1.50. The van der Waals surface area contributed by atoms with Crippen LogP contribution in [0.15, 0.2) is 12.1 Å². The number of carbonyl (C=O) groups is 1. The first-order valence-corrected chi connectivity index (χ1v) is 7.49. The average Bonchev–Trinajstić information content (AvgIpc) is 2.42. The first-order chi connectivity index (χ1) is 9.17. The van der Waals surface area contributed by atoms with Crippen LogP contribution in [0.25, 0.3) is 0 Å². The van der Waals surface area contributed by atoms with Crippen LogP contribution in [0, 0.1) is 0 Å². The van der Waals surface area contributed by atoms with Crippen LogP contribution in [-0.4, -0.2) is 45.8 Å². The topological polar surface area (TPSA) is 82.5 Å². The molecule has 0 spiro atoms. The largest absolute Gasteiger partial charge is 0.478 e. The fourth-order valence-corrected chi connectivity index (χ4v) is 2.29. The van der Waals surface area contributed by atoms with E-state index in [0.717, 1.165) is 30.2 Å². The first-order valence-electron chi connectivity index (χ1n) is 6.34. The lowest BCUT2D eigenvalue weighted by Crippen LogP contribution is -2.09. The molecule has 1 aromatic heterocycles. The van der Waals surface area contributed by atoms with Crippen LogP contribution in [0.4, 0.5) is 5.82 Å². The van der Waals surface area contributed by atoms with Crippen LogP contribution in [0.2, 0.25) is 0 Å². The molecule has 0 fully saturated rings. The van der Waals surface area contributed by atoms with Gasteiger partial charge in [-0.15, -0.1) is 0 Å². The molecule has 3 N–H and O–H groups in total. The van der Waals surface area contributed by atoms with Crippen molar-refractivity contribution in [2.75, 3.05) is 30.0 Å². The van der Waals surface area contributed by atoms with Crippen molar-refractivity contribution in [2.45, 2.75) is 19.8 Å². The molecule has 0 aromatic carbocycles. The highest BCUT2D eigenvalue weighted by Gasteiger charge is 2.07. The molecule has 0 unspecified atom stereocenters. The van der Waals surface area contributed by atoms with E-state index < -0.39 is 5.97 Å². The zero-order chi connectivity index (χ0) is 14.1. The van der Waals surface area contributed by atoms with Crippen molar-refractivity contribution >= 4 is 23.5 Å². The summed E-state index contributed by atoms with van der Waals surface area (Å²) in [5, 5.41) is 20.8. The summed E-state index contributed by atoms with van der Waals surface area (Å²) in [5.41, 5.74) is 1.04. The van der Waals surface area contributed by atoms with E-state index in [9.17, 15) is 4.79 Å². The number of carboxylic acids is 1. The monoisotopic (exact) mass is 284 g/mol. The fraction of sp³-hybridized carbons (Fsp3) is 0.538. The number of carboxylic acid groups (broad SMARTS) is 1. The van der Waals surface area contributed by atoms with Crippen molar-refractivity contribution in [3.8, 4) is 0 Å². The maximum atomic E-state index is 11.0. The van der Waals surface area contributed by atoms with Crippen molar-refractivity contribution in [2.24, 2.45) is 0 Å². The second-order valence-electron chi connectivity index (χ2n) is 4.01. The van der Waals surface area contributed by atoms with Crippen molar-refractivity contribution in [1.82, 2.24) is 4.98 Å². The van der Waals surface area contributed by atoms with Gasteiger partial charge in [0, 0.05) is 24.6 Å². The lowest BCUT2D eigenvalue weighted by molar-refractivity contribution is 0.0696. The number of thioether (sulfide) groups is 1. The van der Waals surface area contributed by atoms with Gasteiger partial charge in [0.1, 0.15) is 5.82 Å². The van der Waals surface area contributed by atoms with Gasteiger partial charge < -0.3 is 15.5 Å². The zero-order valence-corrected chi connectivity index (χ0v) is 11.9. The Labute approximate surface area is 117 Å². The van der Waals surface area contributed by atoms with Crippen LogP contribution >= 0.6 is 11.8 Å². The molecule has 0 radical (unpaired) electrons. The lowest BCUT2D eigenvalue weighted by atomic mass is 10.2. The number of aliphatic hydroxyl groups is 1. The highest BCUT2D eigenvalue weighted by Crippen LogP contribution is 2.12. The van der Waals surface area contributed by atoms with Crippen LogP contribution in [0.5, 0.6) is 0 Å². The molecule has 0 bridgehead atoms. The summed E-state index contributed by atoms with van der Waals surface area (Å²) in [6, 6.07) is 3.16. The molecule has 0 aliphatic heterocycles. The molecular formula is C13H20N2O3S. The highest BCUT2D eigenvalue weighted by molar-refractivity contribution is 7.99. The number of aromatic carboxylic acids is 1. The molecule has 0 saturated heterocycles. The standard InChI is InChI=1S/C13H20N2O3S/c1-2-11-8-10(13(17)18)9-12(15-11)14-4-7-19-6-3-5-16/h8-9,16H,2-7H2,1H3,(H,14,15)(H,17,18). The molecule has 5 nitrogen and oxygen atoms in total. The summed E-state index contributed by atoms with van der Waals surface area (Å²) in [7, 11) is 0. The maximum Gasteiger partial charge on any atom is 0.335 e. The number of pyridine rings is 1. The van der Waals surface area contributed by atoms with Gasteiger partial charge in [-0.2, -0.15) is 11.8 Å². The molecule has 106 valence electrons. The van der Waals surface area contributed by atoms with Crippen molar-refractivity contribution in [1.29, 1.82) is 0 Å². The normalized spacial score (nSPS) is 10.4. The third kappa shape index (κ3) is 5.94. The summed E-state index contributed by atoms with van der Waals surface area (Å²) in [5.74, 6) is 1.51. The van der Waals surface area contributed by atoms with E-state index in [4.69, 9.17) is 10.2 Å². The summed E-state index contributed by atoms with van der Waals surface area (Å²) in [6.45, 7) is 2.90. The number of nitrogens with zero attached hydrogens (tertiary/aromatic N) is 1. The minimum atomic E-state index is -0.933. The van der Waals surface area contributed by atoms with Gasteiger partial charge in [-0.25, -0.2) is 9.78 Å². The molecule has 0 amide bonds. The molecule has 0 aliphatic carbocycles. The van der Waals surface area contributed by atoms with Gasteiger partial charge in [-0.1, -0.05) is 6.92 Å². The predicted octanol–water partition coefficient (Wildman–Crippen LogP) is 1.87. The SMILES string of the molecule is CCc1cc(C(=O)O)cc(NCCSCCCO)n1. The Balaban J connectivity index is 2.48. The van der Waals surface area contributed by atoms with Crippen LogP contribution in [0.1, 0.15) is 29.4 Å². The predicted molar refractivity (Wildman–Crippen MR) is 78.1 cm³/mol. The van der Waals surface area contributed by atoms with Gasteiger partial charge >= 0.3 is 5.97 Å². The average molecular weight is 284 g/mol. The van der Waals surface area contributed by atoms with E-state index in [1.165, 1.54) is 0 Å². The van der Waals surface area contributed by atoms with Crippen molar-refractivity contribution in [3.05, 3.63) is 23.4 Å². The number of aromatic nitrogens is 1. The summed E-state index contributed by atoms with van der Waals surface area (Å²) < 4.78 is 0. The van der Waals surface area contributed by atoms with E-state index in [1.807, 2.05) is 6.92 Å². The number of anilines is 1. The molecule has 0 aliphatic rings. The van der Waals surface area contributed by atoms with E-state index in [1.54, 1.807) is 23.9 Å². The van der Waals surface area contributed by atoms with E-state index in [0.29, 0.717) is 12.2 Å². The Morgan fingerprint density at radius 1 is 1.42 bits per heavy atom. The Kier molecular flexibility index (Phi) is 7.28. The number of nitrogens with one attached hydrogen (secondary N) is 1. The van der Waals surface area contributed by atoms with E-state index >= 15 is 0 Å². The molecule has 0 atom stereocenters. The third-order valence-corrected chi connectivity index (χ3v) is 3.56. The lowest BCUT2D eigenvalue weighted by Gasteiger charge is -2.08. The highest BCUT2D eigenvalue weighted by atomic mass is 32.2. The molecule has 1 aromatic rings. The maximum absolute atomic E-state index is 11.0. The van der Waals surface area contributed by atoms with Gasteiger partial charge in [-0.05, 0) is 30.7 Å². The summed E-state index contributed by atoms with van der Waals surface area (Å²) >= 11 is 1.75. The Hall–Kier alpha value is -1.27. The van der Waals surface area contributed by atoms with Gasteiger partial charge in [0.15, 0.2) is 0 Å². The molecule has 1 rings (SSSR count). The summed E-state index contributed by atoms with van der Waals surface area (Å²) in [6.07, 6.45) is 1.51. The van der Waals surface area contributed by atoms with Gasteiger partial charge in [0.25, 0.3) is 0 Å². The molecular weight excluding hydrogens is 264 g/mol. The number of aryl methyl sites for hydroxylation is 1. The van der Waals surface area contributed by atoms with Gasteiger partial charge in [-0.3, -0.25) is 0 Å². The van der Waals surface area contributed by atoms with Gasteiger partial charge in [0.05, 0.1) is 5.56 Å². The second-order valence-corrected chi connectivity index (χ2v) is 5.23. The first kappa shape index (κ1) is 15.8. The zero-order valence-electron chi connectivity index (χ0n) is 11.1. The Morgan fingerprint density at radius 3 is 2.84 bits per heavy atom. The minimum absolute atomic E-state index is 0.225. The van der Waals surface area contributed by atoms with E-state index in [-0.39, 0.29) is 12.2 Å². The second kappa shape index (κ2) is 8.77. The van der Waals surface area contributed by atoms with Crippen LogP contribution in [-0.2, 0) is 6.42 Å². The summed E-state index contributed by atoms with van der Waals surface area (Å²) in [4.78, 5) is 15.3. The molecule has 19 heavy (non-hydrogen) atoms. The van der Waals surface area contributed by atoms with Crippen molar-refractivity contribution < 1.29 is 15.0 Å². The number of hydrogen-bond acceptors (Lipinski definition) is 5. The van der Waals surface area contributed by atoms with Crippen LogP contribution in [0.3, 0.4) is 0 Å². The molecule has 6 heteroatoms. The number of aliphatic hydroxyl groups excluding tert-OH is 1. The quantitative estimate of drug-likeness (QED) is 0.601. The number of hydrogen-bond donors (Lipinski definition) is 3. The smallest absolute Gasteiger partial charge is 0.335 e. The Morgan fingerprint density at radius 2 is 2.21 bits per heavy atom.